The summed E-state index contributed by atoms with van der Waals surface area (Å²) in [6.45, 7) is 0. The van der Waals surface area contributed by atoms with E-state index in [4.69, 9.17) is 10.2 Å². The average molecular weight is 156 g/mol. The highest BCUT2D eigenvalue weighted by molar-refractivity contribution is 5.90. The van der Waals surface area contributed by atoms with E-state index in [0.29, 0.717) is 0 Å². The van der Waals surface area contributed by atoms with Crippen LogP contribution in [-0.2, 0) is 0 Å². The first kappa shape index (κ1) is 7.53. The molecule has 1 aromatic carbocycles. The Bertz CT molecular complexity index is 296. The minimum absolute atomic E-state index is 0.300. The number of hydrogen-bond acceptors (Lipinski definition) is 2. The molecule has 0 saturated heterocycles. The van der Waals surface area contributed by atoms with Gasteiger partial charge in [0.15, 0.2) is 0 Å². The van der Waals surface area contributed by atoms with Gasteiger partial charge >= 0.3 is 5.97 Å². The van der Waals surface area contributed by atoms with E-state index in [2.05, 4.69) is 0 Å². The molecular weight excluding hydrogens is 151 g/mol. The quantitative estimate of drug-likeness (QED) is 0.642. The smallest absolute Gasteiger partial charge is 0.339 e. The second-order valence-corrected chi connectivity index (χ2v) is 1.97. The first-order chi connectivity index (χ1) is 5.11. The Kier molecular flexibility index (Phi) is 1.76. The number of aromatic carboxylic acids is 1. The molecule has 4 heteroatoms. The highest BCUT2D eigenvalue weighted by Crippen LogP contribution is 2.17. The minimum Gasteiger partial charge on any atom is -0.507 e. The summed E-state index contributed by atoms with van der Waals surface area (Å²) in [5, 5.41) is 17.2. The predicted octanol–water partition coefficient (Wildman–Crippen LogP) is 1.23. The van der Waals surface area contributed by atoms with Crippen LogP contribution in [0.15, 0.2) is 18.2 Å². The lowest BCUT2D eigenvalue weighted by molar-refractivity contribution is 0.0693. The summed E-state index contributed by atoms with van der Waals surface area (Å²) >= 11 is 0. The molecule has 0 saturated carbocycles. The van der Waals surface area contributed by atoms with Crippen LogP contribution in [-0.4, -0.2) is 16.2 Å². The molecule has 3 nitrogen and oxygen atoms in total. The number of benzene rings is 1. The molecule has 58 valence electrons. The molecule has 0 aromatic heterocycles. The maximum atomic E-state index is 12.3. The van der Waals surface area contributed by atoms with Gasteiger partial charge in [0.2, 0.25) is 0 Å². The molecule has 1 rings (SSSR count). The summed E-state index contributed by atoms with van der Waals surface area (Å²) in [7, 11) is 0. The van der Waals surface area contributed by atoms with E-state index in [-0.39, 0.29) is 5.56 Å². The van der Waals surface area contributed by atoms with Crippen LogP contribution >= 0.6 is 0 Å². The predicted molar refractivity (Wildman–Crippen MR) is 35.0 cm³/mol. The zero-order chi connectivity index (χ0) is 8.43. The van der Waals surface area contributed by atoms with Crippen LogP contribution in [0.2, 0.25) is 0 Å². The Morgan fingerprint density at radius 1 is 1.45 bits per heavy atom. The van der Waals surface area contributed by atoms with Crippen molar-refractivity contribution < 1.29 is 19.4 Å². The molecule has 0 aliphatic heterocycles. The van der Waals surface area contributed by atoms with Crippen LogP contribution in [0, 0.1) is 5.82 Å². The van der Waals surface area contributed by atoms with E-state index < -0.39 is 17.5 Å². The molecule has 0 radical (unpaired) electrons. The molecule has 0 fully saturated rings. The summed E-state index contributed by atoms with van der Waals surface area (Å²) < 4.78 is 12.3. The van der Waals surface area contributed by atoms with E-state index in [0.717, 1.165) is 18.2 Å². The van der Waals surface area contributed by atoms with E-state index in [1.165, 1.54) is 0 Å². The fourth-order valence-corrected chi connectivity index (χ4v) is 0.686. The normalized spacial score (nSPS) is 9.55. The van der Waals surface area contributed by atoms with Crippen molar-refractivity contribution in [2.45, 2.75) is 0 Å². The van der Waals surface area contributed by atoms with E-state index in [1.54, 1.807) is 0 Å². The zero-order valence-corrected chi connectivity index (χ0v) is 5.41. The van der Waals surface area contributed by atoms with Crippen molar-refractivity contribution in [1.29, 1.82) is 0 Å². The first-order valence-electron chi connectivity index (χ1n) is 2.83. The molecule has 0 unspecified atom stereocenters. The summed E-state index contributed by atoms with van der Waals surface area (Å²) in [6.07, 6.45) is 0. The molecule has 1 aromatic rings. The monoisotopic (exact) mass is 156 g/mol. The number of carboxylic acids is 1. The van der Waals surface area contributed by atoms with E-state index >= 15 is 0 Å². The molecule has 0 aliphatic carbocycles. The number of aromatic hydroxyl groups is 1. The summed E-state index contributed by atoms with van der Waals surface area (Å²) in [4.78, 5) is 10.3. The van der Waals surface area contributed by atoms with Crippen LogP contribution in [0.1, 0.15) is 10.4 Å². The Balaban J connectivity index is 3.20. The van der Waals surface area contributed by atoms with Gasteiger partial charge in [-0.25, -0.2) is 9.18 Å². The molecule has 0 aliphatic rings. The zero-order valence-electron chi connectivity index (χ0n) is 5.41. The van der Waals surface area contributed by atoms with Gasteiger partial charge in [-0.2, -0.15) is 0 Å². The lowest BCUT2D eigenvalue weighted by Crippen LogP contribution is -1.96. The van der Waals surface area contributed by atoms with Crippen molar-refractivity contribution in [2.24, 2.45) is 0 Å². The lowest BCUT2D eigenvalue weighted by Gasteiger charge is -1.96. The standard InChI is InChI=1S/C7H5FO3/c8-4-1-2-5(7(10)11)6(9)3-4/h1-3,9H,(H,10,11). The van der Waals surface area contributed by atoms with Crippen molar-refractivity contribution in [3.05, 3.63) is 29.6 Å². The summed E-state index contributed by atoms with van der Waals surface area (Å²) in [6, 6.07) is 2.74. The van der Waals surface area contributed by atoms with Crippen molar-refractivity contribution in [3.8, 4) is 5.75 Å². The SMILES string of the molecule is O=C(O)c1ccc(F)cc1O. The van der Waals surface area contributed by atoms with Crippen LogP contribution < -0.4 is 0 Å². The largest absolute Gasteiger partial charge is 0.507 e. The van der Waals surface area contributed by atoms with E-state index in [9.17, 15) is 9.18 Å². The van der Waals surface area contributed by atoms with Crippen molar-refractivity contribution in [3.63, 3.8) is 0 Å². The number of rotatable bonds is 1. The summed E-state index contributed by atoms with van der Waals surface area (Å²) in [5.74, 6) is -2.49. The number of carboxylic acid groups (broad SMARTS) is 1. The molecule has 0 atom stereocenters. The van der Waals surface area contributed by atoms with Crippen LogP contribution in [0.5, 0.6) is 5.75 Å². The highest BCUT2D eigenvalue weighted by atomic mass is 19.1. The number of phenols is 1. The van der Waals surface area contributed by atoms with Gasteiger partial charge in [0, 0.05) is 6.07 Å². The molecule has 0 spiro atoms. The van der Waals surface area contributed by atoms with Gasteiger partial charge in [-0.15, -0.1) is 0 Å². The Hall–Kier alpha value is -1.58. The third kappa shape index (κ3) is 1.46. The fourth-order valence-electron chi connectivity index (χ4n) is 0.686. The van der Waals surface area contributed by atoms with Gasteiger partial charge in [-0.05, 0) is 12.1 Å². The molecule has 0 bridgehead atoms. The lowest BCUT2D eigenvalue weighted by atomic mass is 10.2. The van der Waals surface area contributed by atoms with Gasteiger partial charge in [0.25, 0.3) is 0 Å². The van der Waals surface area contributed by atoms with Crippen molar-refractivity contribution in [2.75, 3.05) is 0 Å². The van der Waals surface area contributed by atoms with Crippen molar-refractivity contribution in [1.82, 2.24) is 0 Å². The average Bonchev–Trinajstić information content (AvgIpc) is 1.85. The number of hydrogen-bond donors (Lipinski definition) is 2. The second kappa shape index (κ2) is 2.57. The number of carbonyl (C=O) groups is 1. The molecule has 11 heavy (non-hydrogen) atoms. The molecule has 0 amide bonds. The van der Waals surface area contributed by atoms with Crippen LogP contribution in [0.3, 0.4) is 0 Å². The van der Waals surface area contributed by atoms with Gasteiger partial charge in [0.05, 0.1) is 0 Å². The molecule has 0 heterocycles. The molecule has 2 N–H and O–H groups in total. The maximum absolute atomic E-state index is 12.3. The maximum Gasteiger partial charge on any atom is 0.339 e. The Morgan fingerprint density at radius 3 is 2.55 bits per heavy atom. The second-order valence-electron chi connectivity index (χ2n) is 1.97. The van der Waals surface area contributed by atoms with Gasteiger partial charge in [-0.3, -0.25) is 0 Å². The Morgan fingerprint density at radius 2 is 2.09 bits per heavy atom. The Labute approximate surface area is 61.7 Å². The number of halogens is 1. The van der Waals surface area contributed by atoms with Gasteiger partial charge in [0.1, 0.15) is 17.1 Å². The first-order valence-corrected chi connectivity index (χ1v) is 2.83. The van der Waals surface area contributed by atoms with E-state index in [1.807, 2.05) is 0 Å². The van der Waals surface area contributed by atoms with Gasteiger partial charge in [-0.1, -0.05) is 0 Å². The van der Waals surface area contributed by atoms with Crippen molar-refractivity contribution >= 4 is 5.97 Å². The molecular formula is C7H5FO3. The van der Waals surface area contributed by atoms with Gasteiger partial charge < -0.3 is 10.2 Å². The minimum atomic E-state index is -1.28. The van der Waals surface area contributed by atoms with Crippen LogP contribution in [0.4, 0.5) is 4.39 Å². The third-order valence-electron chi connectivity index (χ3n) is 1.19. The van der Waals surface area contributed by atoms with Crippen LogP contribution in [0.25, 0.3) is 0 Å². The third-order valence-corrected chi connectivity index (χ3v) is 1.19. The highest BCUT2D eigenvalue weighted by Gasteiger charge is 2.08. The summed E-state index contributed by atoms with van der Waals surface area (Å²) in [5.41, 5.74) is -0.300. The topological polar surface area (TPSA) is 57.5 Å². The fraction of sp³-hybridized carbons (Fsp3) is 0.